The number of pyridine rings is 1. The Hall–Kier alpha value is -2.83. The summed E-state index contributed by atoms with van der Waals surface area (Å²) in [6, 6.07) is -0.0960. The summed E-state index contributed by atoms with van der Waals surface area (Å²) >= 11 is 0.533. The fraction of sp³-hybridized carbons (Fsp3) is 0.565. The summed E-state index contributed by atoms with van der Waals surface area (Å²) in [5.74, 6) is -4.68. The second-order valence-corrected chi connectivity index (χ2v) is 10.1. The van der Waals surface area contributed by atoms with Crippen molar-refractivity contribution in [1.29, 1.82) is 0 Å². The maximum atomic E-state index is 14.1. The molecule has 2 aliphatic rings. The molecule has 2 aromatic rings. The molecule has 1 amide bonds. The van der Waals surface area contributed by atoms with Crippen LogP contribution in [0.25, 0.3) is 10.4 Å². The van der Waals surface area contributed by atoms with Crippen molar-refractivity contribution in [2.24, 2.45) is 5.92 Å². The summed E-state index contributed by atoms with van der Waals surface area (Å²) in [7, 11) is 0. The zero-order valence-electron chi connectivity index (χ0n) is 19.8. The molecule has 0 radical (unpaired) electrons. The van der Waals surface area contributed by atoms with Crippen LogP contribution in [0.1, 0.15) is 65.9 Å². The predicted octanol–water partition coefficient (Wildman–Crippen LogP) is 5.48. The summed E-state index contributed by atoms with van der Waals surface area (Å²) in [5, 5.41) is 2.62. The van der Waals surface area contributed by atoms with E-state index in [1.54, 1.807) is 0 Å². The monoisotopic (exact) mass is 532 g/mol. The van der Waals surface area contributed by atoms with Gasteiger partial charge in [-0.2, -0.15) is 13.2 Å². The Morgan fingerprint density at radius 1 is 1.33 bits per heavy atom. The van der Waals surface area contributed by atoms with Gasteiger partial charge in [-0.15, -0.1) is 11.3 Å². The molecular weight excluding hydrogens is 507 g/mol. The lowest BCUT2D eigenvalue weighted by Gasteiger charge is -2.21. The highest BCUT2D eigenvalue weighted by molar-refractivity contribution is 7.17. The van der Waals surface area contributed by atoms with E-state index in [1.807, 2.05) is 6.92 Å². The lowest BCUT2D eigenvalue weighted by molar-refractivity contribution is -0.137. The number of carbonyl (C=O) groups excluding carboxylic acids is 2. The first-order valence-electron chi connectivity index (χ1n) is 11.5. The van der Waals surface area contributed by atoms with Gasteiger partial charge in [0.15, 0.2) is 0 Å². The summed E-state index contributed by atoms with van der Waals surface area (Å²) in [6.45, 7) is 3.89. The average molecular weight is 533 g/mol. The van der Waals surface area contributed by atoms with Crippen LogP contribution in [0.4, 0.5) is 27.8 Å². The Balaban J connectivity index is 1.80. The highest BCUT2D eigenvalue weighted by Gasteiger charge is 2.46. The number of hydrogen-bond donors (Lipinski definition) is 1. The highest BCUT2D eigenvalue weighted by Crippen LogP contribution is 2.43. The van der Waals surface area contributed by atoms with Crippen molar-refractivity contribution in [2.75, 3.05) is 18.5 Å². The van der Waals surface area contributed by atoms with E-state index in [0.717, 1.165) is 30.0 Å². The van der Waals surface area contributed by atoms with Gasteiger partial charge in [0.2, 0.25) is 5.01 Å². The Bertz CT molecular complexity index is 1170. The molecule has 2 atom stereocenters. The van der Waals surface area contributed by atoms with Crippen LogP contribution in [-0.4, -0.2) is 57.9 Å². The Morgan fingerprint density at radius 2 is 2.03 bits per heavy atom. The van der Waals surface area contributed by atoms with Gasteiger partial charge in [0.25, 0.3) is 11.8 Å². The second kappa shape index (κ2) is 9.56. The van der Waals surface area contributed by atoms with Gasteiger partial charge >= 0.3 is 12.1 Å². The molecule has 0 aromatic carbocycles. The molecule has 2 fully saturated rings. The Kier molecular flexibility index (Phi) is 6.97. The maximum absolute atomic E-state index is 14.1. The summed E-state index contributed by atoms with van der Waals surface area (Å²) in [6.07, 6.45) is -2.49. The average Bonchev–Trinajstić information content (AvgIpc) is 3.48. The molecule has 36 heavy (non-hydrogen) atoms. The molecule has 13 heteroatoms. The first-order chi connectivity index (χ1) is 16.8. The van der Waals surface area contributed by atoms with Crippen LogP contribution in [0.15, 0.2) is 12.3 Å². The third-order valence-corrected chi connectivity index (χ3v) is 7.30. The van der Waals surface area contributed by atoms with Crippen LogP contribution >= 0.6 is 11.3 Å². The second-order valence-electron chi connectivity index (χ2n) is 9.14. The minimum Gasteiger partial charge on any atom is -0.461 e. The van der Waals surface area contributed by atoms with Crippen molar-refractivity contribution in [3.8, 4) is 10.4 Å². The SMILES string of the molecule is CCOC(=O)c1nc(C(=O)N2CC(F)(F)C[C@@H]2C)c(-c2cnc(N[C@@H](C)C3CC3)cc2C(F)(F)F)s1. The van der Waals surface area contributed by atoms with E-state index in [9.17, 15) is 31.5 Å². The Labute approximate surface area is 208 Å². The maximum Gasteiger partial charge on any atom is 0.417 e. The summed E-state index contributed by atoms with van der Waals surface area (Å²) in [5.41, 5.74) is -2.08. The number of aromatic nitrogens is 2. The molecule has 7 nitrogen and oxygen atoms in total. The van der Waals surface area contributed by atoms with E-state index in [1.165, 1.54) is 13.8 Å². The van der Waals surface area contributed by atoms with Crippen LogP contribution in [0, 0.1) is 5.92 Å². The number of thiazole rings is 1. The number of nitrogens with zero attached hydrogens (tertiary/aromatic N) is 3. The lowest BCUT2D eigenvalue weighted by Crippen LogP contribution is -2.35. The van der Waals surface area contributed by atoms with E-state index in [2.05, 4.69) is 15.3 Å². The van der Waals surface area contributed by atoms with Gasteiger partial charge < -0.3 is 15.0 Å². The summed E-state index contributed by atoms with van der Waals surface area (Å²) < 4.78 is 75.3. The normalized spacial score (nSPS) is 20.3. The standard InChI is InChI=1S/C23H25F5N4O3S/c1-4-35-21(34)19-31-17(20(33)32-10-22(24,25)8-11(32)2)18(36-19)14-9-29-16(7-15(14)23(26,27)28)30-12(3)13-5-6-13/h7,9,11-13H,4-6,8,10H2,1-3H3,(H,29,30)/t11-,12-/m0/s1. The number of alkyl halides is 5. The third kappa shape index (κ3) is 5.45. The van der Waals surface area contributed by atoms with E-state index in [4.69, 9.17) is 4.74 Å². The van der Waals surface area contributed by atoms with Gasteiger partial charge in [0.1, 0.15) is 11.5 Å². The van der Waals surface area contributed by atoms with Gasteiger partial charge in [-0.05, 0) is 45.6 Å². The number of halogens is 5. The van der Waals surface area contributed by atoms with Crippen LogP contribution in [0.5, 0.6) is 0 Å². The highest BCUT2D eigenvalue weighted by atomic mass is 32.1. The van der Waals surface area contributed by atoms with Crippen molar-refractivity contribution < 1.29 is 36.3 Å². The quantitative estimate of drug-likeness (QED) is 0.376. The minimum atomic E-state index is -4.83. The fourth-order valence-corrected chi connectivity index (χ4v) is 5.22. The first-order valence-corrected chi connectivity index (χ1v) is 12.3. The number of rotatable bonds is 7. The van der Waals surface area contributed by atoms with Gasteiger partial charge in [0, 0.05) is 30.3 Å². The van der Waals surface area contributed by atoms with E-state index in [0.29, 0.717) is 17.3 Å². The zero-order chi connectivity index (χ0) is 26.4. The van der Waals surface area contributed by atoms with Crippen molar-refractivity contribution in [2.45, 2.75) is 64.2 Å². The van der Waals surface area contributed by atoms with Crippen LogP contribution in [0.3, 0.4) is 0 Å². The molecule has 0 bridgehead atoms. The molecule has 0 spiro atoms. The van der Waals surface area contributed by atoms with Crippen molar-refractivity contribution in [3.63, 3.8) is 0 Å². The Morgan fingerprint density at radius 3 is 2.58 bits per heavy atom. The number of esters is 1. The number of likely N-dealkylation sites (tertiary alicyclic amines) is 1. The molecule has 1 aliphatic heterocycles. The molecule has 1 saturated heterocycles. The van der Waals surface area contributed by atoms with Crippen molar-refractivity contribution in [1.82, 2.24) is 14.9 Å². The molecule has 1 saturated carbocycles. The van der Waals surface area contributed by atoms with Crippen molar-refractivity contribution in [3.05, 3.63) is 28.5 Å². The van der Waals surface area contributed by atoms with Gasteiger partial charge in [-0.3, -0.25) is 4.79 Å². The summed E-state index contributed by atoms with van der Waals surface area (Å²) in [4.78, 5) is 34.2. The lowest BCUT2D eigenvalue weighted by atomic mass is 10.1. The van der Waals surface area contributed by atoms with Gasteiger partial charge in [-0.25, -0.2) is 23.5 Å². The number of hydrogen-bond acceptors (Lipinski definition) is 7. The number of anilines is 1. The molecular formula is C23H25F5N4O3S. The smallest absolute Gasteiger partial charge is 0.417 e. The number of nitrogens with one attached hydrogen (secondary N) is 1. The predicted molar refractivity (Wildman–Crippen MR) is 122 cm³/mol. The molecule has 1 N–H and O–H groups in total. The third-order valence-electron chi connectivity index (χ3n) is 6.23. The van der Waals surface area contributed by atoms with Gasteiger partial charge in [0.05, 0.1) is 23.6 Å². The number of amides is 1. The number of ether oxygens (including phenoxy) is 1. The van der Waals surface area contributed by atoms with E-state index < -0.39 is 59.8 Å². The fourth-order valence-electron chi connectivity index (χ4n) is 4.24. The molecule has 2 aromatic heterocycles. The molecule has 3 heterocycles. The van der Waals surface area contributed by atoms with E-state index >= 15 is 0 Å². The van der Waals surface area contributed by atoms with Crippen LogP contribution in [0.2, 0.25) is 0 Å². The van der Waals surface area contributed by atoms with Crippen LogP contribution < -0.4 is 5.32 Å². The molecule has 1 aliphatic carbocycles. The minimum absolute atomic E-state index is 0.0151. The largest absolute Gasteiger partial charge is 0.461 e. The molecule has 4 rings (SSSR count). The molecule has 0 unspecified atom stereocenters. The topological polar surface area (TPSA) is 84.4 Å². The van der Waals surface area contributed by atoms with Crippen LogP contribution in [-0.2, 0) is 10.9 Å². The number of carbonyl (C=O) groups is 2. The first kappa shape index (κ1) is 26.2. The van der Waals surface area contributed by atoms with E-state index in [-0.39, 0.29) is 28.4 Å². The van der Waals surface area contributed by atoms with Crippen molar-refractivity contribution >= 4 is 29.0 Å². The molecule has 196 valence electrons. The zero-order valence-corrected chi connectivity index (χ0v) is 20.6. The van der Waals surface area contributed by atoms with Gasteiger partial charge in [-0.1, -0.05) is 0 Å².